The van der Waals surface area contributed by atoms with E-state index in [1.54, 1.807) is 6.92 Å². The maximum absolute atomic E-state index is 13.5. The molecule has 2 aromatic heterocycles. The number of nitrogens with zero attached hydrogens (tertiary/aromatic N) is 4. The molecule has 0 bridgehead atoms. The number of aromatic nitrogens is 4. The van der Waals surface area contributed by atoms with Gasteiger partial charge >= 0.3 is 5.97 Å². The number of esters is 1. The van der Waals surface area contributed by atoms with Crippen molar-refractivity contribution in [3.05, 3.63) is 45.7 Å². The van der Waals surface area contributed by atoms with Gasteiger partial charge < -0.3 is 4.74 Å². The first-order valence-electron chi connectivity index (χ1n) is 9.19. The van der Waals surface area contributed by atoms with Crippen LogP contribution in [-0.2, 0) is 27.9 Å². The lowest BCUT2D eigenvalue weighted by Gasteiger charge is -2.32. The average Bonchev–Trinajstić information content (AvgIpc) is 2.99. The van der Waals surface area contributed by atoms with Crippen LogP contribution in [0.2, 0.25) is 0 Å². The number of fused-ring (bicyclic) bond motifs is 4. The van der Waals surface area contributed by atoms with E-state index in [2.05, 4.69) is 25.0 Å². The van der Waals surface area contributed by atoms with Gasteiger partial charge in [0.2, 0.25) is 5.78 Å². The van der Waals surface area contributed by atoms with E-state index >= 15 is 0 Å². The van der Waals surface area contributed by atoms with Crippen molar-refractivity contribution in [2.45, 2.75) is 44.3 Å². The normalized spacial score (nSPS) is 14.6. The third-order valence-electron chi connectivity index (χ3n) is 5.04. The first kappa shape index (κ1) is 18.7. The minimum absolute atomic E-state index is 0.0891. The summed E-state index contributed by atoms with van der Waals surface area (Å²) < 4.78 is 8.01. The second kappa shape index (κ2) is 6.77. The molecule has 0 amide bonds. The highest BCUT2D eigenvalue weighted by Gasteiger charge is 2.36. The van der Waals surface area contributed by atoms with E-state index < -0.39 is 5.97 Å². The summed E-state index contributed by atoms with van der Waals surface area (Å²) in [5.41, 5.74) is 3.01. The molecule has 0 saturated heterocycles. The topological polar surface area (TPSA) is 78.5 Å². The summed E-state index contributed by atoms with van der Waals surface area (Å²) in [6, 6.07) is 8.02. The van der Waals surface area contributed by atoms with Gasteiger partial charge in [-0.05, 0) is 25.2 Å². The van der Waals surface area contributed by atoms with E-state index in [0.29, 0.717) is 22.2 Å². The highest BCUT2D eigenvalue weighted by atomic mass is 32.2. The molecule has 0 N–H and O–H groups in total. The number of hydrogen-bond acceptors (Lipinski definition) is 6. The Labute approximate surface area is 166 Å². The lowest BCUT2D eigenvalue weighted by Crippen LogP contribution is -2.36. The van der Waals surface area contributed by atoms with Gasteiger partial charge in [-0.25, -0.2) is 14.1 Å². The van der Waals surface area contributed by atoms with Crippen LogP contribution >= 0.6 is 11.8 Å². The van der Waals surface area contributed by atoms with Crippen LogP contribution in [0.15, 0.2) is 34.2 Å². The van der Waals surface area contributed by atoms with Crippen LogP contribution in [0.3, 0.4) is 0 Å². The molecule has 0 aliphatic heterocycles. The number of hydrogen-bond donors (Lipinski definition) is 0. The molecule has 1 aliphatic carbocycles. The summed E-state index contributed by atoms with van der Waals surface area (Å²) in [6.45, 7) is 6.09. The van der Waals surface area contributed by atoms with Crippen molar-refractivity contribution in [3.8, 4) is 11.3 Å². The Bertz CT molecular complexity index is 1150. The lowest BCUT2D eigenvalue weighted by molar-refractivity contribution is -0.143. The Morgan fingerprint density at radius 1 is 1.32 bits per heavy atom. The molecule has 28 heavy (non-hydrogen) atoms. The number of carbonyl (C=O) groups excluding carboxylic acids is 1. The fourth-order valence-electron chi connectivity index (χ4n) is 3.89. The molecule has 3 aromatic rings. The molecular weight excluding hydrogens is 376 g/mol. The molecule has 0 fully saturated rings. The zero-order chi connectivity index (χ0) is 20.1. The predicted molar refractivity (Wildman–Crippen MR) is 108 cm³/mol. The fourth-order valence-corrected chi connectivity index (χ4v) is 4.42. The molecule has 0 spiro atoms. The zero-order valence-corrected chi connectivity index (χ0v) is 17.2. The van der Waals surface area contributed by atoms with E-state index in [1.807, 2.05) is 24.5 Å². The summed E-state index contributed by atoms with van der Waals surface area (Å²) in [7, 11) is 0. The van der Waals surface area contributed by atoms with Crippen LogP contribution in [0.5, 0.6) is 0 Å². The van der Waals surface area contributed by atoms with Gasteiger partial charge in [-0.3, -0.25) is 9.59 Å². The Balaban J connectivity index is 2.03. The van der Waals surface area contributed by atoms with Crippen LogP contribution in [0.1, 0.15) is 31.9 Å². The summed E-state index contributed by atoms with van der Waals surface area (Å²) in [5.74, 6) is -0.0542. The standard InChI is InChI=1S/C20H22N4O3S/c1-5-27-14(25)11-23-18-21-16-13-9-7-6-8-12(13)10-20(2,3)15(16)17(26)24(18)19(22-23)28-4/h6-9H,5,10-11H2,1-4H3. The predicted octanol–water partition coefficient (Wildman–Crippen LogP) is 2.68. The van der Waals surface area contributed by atoms with Gasteiger partial charge in [0.1, 0.15) is 6.54 Å². The molecular formula is C20H22N4O3S. The van der Waals surface area contributed by atoms with Crippen molar-refractivity contribution in [1.82, 2.24) is 19.2 Å². The highest BCUT2D eigenvalue weighted by molar-refractivity contribution is 7.98. The summed E-state index contributed by atoms with van der Waals surface area (Å²) in [5, 5.41) is 4.95. The quantitative estimate of drug-likeness (QED) is 0.497. The van der Waals surface area contributed by atoms with Crippen LogP contribution in [0, 0.1) is 0 Å². The molecule has 2 heterocycles. The van der Waals surface area contributed by atoms with Crippen molar-refractivity contribution in [2.75, 3.05) is 12.9 Å². The van der Waals surface area contributed by atoms with E-state index in [-0.39, 0.29) is 24.1 Å². The highest BCUT2D eigenvalue weighted by Crippen LogP contribution is 2.40. The van der Waals surface area contributed by atoms with Gasteiger partial charge in [-0.2, -0.15) is 0 Å². The Morgan fingerprint density at radius 3 is 2.79 bits per heavy atom. The molecule has 0 unspecified atom stereocenters. The van der Waals surface area contributed by atoms with Crippen molar-refractivity contribution < 1.29 is 9.53 Å². The van der Waals surface area contributed by atoms with Gasteiger partial charge in [-0.1, -0.05) is 49.9 Å². The van der Waals surface area contributed by atoms with E-state index in [1.165, 1.54) is 20.8 Å². The van der Waals surface area contributed by atoms with Crippen molar-refractivity contribution in [2.24, 2.45) is 0 Å². The van der Waals surface area contributed by atoms with Gasteiger partial charge in [0.05, 0.1) is 17.9 Å². The Kier molecular flexibility index (Phi) is 4.53. The van der Waals surface area contributed by atoms with Crippen LogP contribution in [0.4, 0.5) is 0 Å². The number of thioether (sulfide) groups is 1. The average molecular weight is 398 g/mol. The maximum Gasteiger partial charge on any atom is 0.327 e. The SMILES string of the molecule is CCOC(=O)Cn1nc(SC)n2c(=O)c3c(nc12)-c1ccccc1CC3(C)C. The number of benzene rings is 1. The number of ether oxygens (including phenoxy) is 1. The molecule has 8 heteroatoms. The van der Waals surface area contributed by atoms with E-state index in [9.17, 15) is 9.59 Å². The van der Waals surface area contributed by atoms with Crippen molar-refractivity contribution in [3.63, 3.8) is 0 Å². The van der Waals surface area contributed by atoms with Crippen molar-refractivity contribution in [1.29, 1.82) is 0 Å². The summed E-state index contributed by atoms with van der Waals surface area (Å²) in [6.07, 6.45) is 2.62. The molecule has 4 rings (SSSR count). The molecule has 1 aromatic carbocycles. The third kappa shape index (κ3) is 2.83. The first-order valence-corrected chi connectivity index (χ1v) is 10.4. The first-order chi connectivity index (χ1) is 13.4. The van der Waals surface area contributed by atoms with E-state index in [0.717, 1.165) is 17.5 Å². The van der Waals surface area contributed by atoms with Gasteiger partial charge in [0.25, 0.3) is 5.56 Å². The molecule has 146 valence electrons. The van der Waals surface area contributed by atoms with Crippen molar-refractivity contribution >= 4 is 23.5 Å². The molecule has 7 nitrogen and oxygen atoms in total. The van der Waals surface area contributed by atoms with E-state index in [4.69, 9.17) is 9.72 Å². The van der Waals surface area contributed by atoms with Gasteiger partial charge in [-0.15, -0.1) is 5.10 Å². The Hall–Kier alpha value is -2.61. The molecule has 0 radical (unpaired) electrons. The molecule has 1 aliphatic rings. The van der Waals surface area contributed by atoms with Gasteiger partial charge in [0.15, 0.2) is 5.16 Å². The van der Waals surface area contributed by atoms with Gasteiger partial charge in [0, 0.05) is 11.0 Å². The van der Waals surface area contributed by atoms with Crippen LogP contribution < -0.4 is 5.56 Å². The Morgan fingerprint density at radius 2 is 2.07 bits per heavy atom. The number of carbonyl (C=O) groups is 1. The fraction of sp³-hybridized carbons (Fsp3) is 0.400. The second-order valence-corrected chi connectivity index (χ2v) is 8.22. The minimum atomic E-state index is -0.409. The molecule has 0 saturated carbocycles. The maximum atomic E-state index is 13.5. The smallest absolute Gasteiger partial charge is 0.327 e. The zero-order valence-electron chi connectivity index (χ0n) is 16.4. The number of rotatable bonds is 4. The second-order valence-electron chi connectivity index (χ2n) is 7.44. The minimum Gasteiger partial charge on any atom is -0.465 e. The lowest BCUT2D eigenvalue weighted by atomic mass is 9.72. The van der Waals surface area contributed by atoms with Crippen LogP contribution in [-0.4, -0.2) is 38.0 Å². The summed E-state index contributed by atoms with van der Waals surface area (Å²) in [4.78, 5) is 30.4. The monoisotopic (exact) mass is 398 g/mol. The largest absolute Gasteiger partial charge is 0.465 e. The molecule has 0 atom stereocenters. The summed E-state index contributed by atoms with van der Waals surface area (Å²) >= 11 is 1.35. The van der Waals surface area contributed by atoms with Crippen LogP contribution in [0.25, 0.3) is 17.0 Å². The third-order valence-corrected chi connectivity index (χ3v) is 5.67.